The number of nitrogens with zero attached hydrogens (tertiary/aromatic N) is 2. The highest BCUT2D eigenvalue weighted by atomic mass is 16.7. The maximum absolute atomic E-state index is 14.1. The highest BCUT2D eigenvalue weighted by molar-refractivity contribution is 6.31. The second-order valence-corrected chi connectivity index (χ2v) is 15.0. The van der Waals surface area contributed by atoms with Gasteiger partial charge in [0.2, 0.25) is 5.78 Å². The molecule has 4 saturated heterocycles. The number of hydrogen-bond donors (Lipinski definition) is 4. The molecule has 53 heavy (non-hydrogen) atoms. The Bertz CT molecular complexity index is 1810. The number of Topliss-reactive ketones (excluding diaryl/α,β-unsaturated/α-hetero) is 1. The molecule has 15 heteroatoms. The zero-order chi connectivity index (χ0) is 37.3. The van der Waals surface area contributed by atoms with Crippen LogP contribution in [-0.4, -0.2) is 145 Å². The number of piperidine rings is 1. The lowest BCUT2D eigenvalue weighted by Crippen LogP contribution is -2.55. The van der Waals surface area contributed by atoms with E-state index >= 15 is 0 Å². The minimum atomic E-state index is -2.04. The molecule has 286 valence electrons. The van der Waals surface area contributed by atoms with Crippen molar-refractivity contribution in [3.05, 3.63) is 51.6 Å². The third kappa shape index (κ3) is 5.97. The highest BCUT2D eigenvalue weighted by Gasteiger charge is 2.55. The first-order chi connectivity index (χ1) is 25.5. The van der Waals surface area contributed by atoms with Gasteiger partial charge in [-0.05, 0) is 32.9 Å². The number of aliphatic hydroxyl groups is 1. The van der Waals surface area contributed by atoms with Gasteiger partial charge >= 0.3 is 0 Å². The third-order valence-electron chi connectivity index (χ3n) is 12.1. The zero-order valence-corrected chi connectivity index (χ0v) is 30.3. The van der Waals surface area contributed by atoms with Crippen LogP contribution in [-0.2, 0) is 34.9 Å². The Kier molecular flexibility index (Phi) is 9.61. The molecule has 0 aromatic heterocycles. The number of benzene rings is 2. The number of phenolic OH excluding ortho intramolecular Hbond substituents is 2. The molecule has 8 atom stereocenters. The number of carbonyl (C=O) groups is 3. The molecule has 0 unspecified atom stereocenters. The van der Waals surface area contributed by atoms with E-state index in [1.807, 2.05) is 18.9 Å². The third-order valence-corrected chi connectivity index (χ3v) is 12.1. The molecular weight excluding hydrogens is 690 g/mol. The zero-order valence-electron chi connectivity index (χ0n) is 30.3. The van der Waals surface area contributed by atoms with E-state index in [9.17, 15) is 29.7 Å². The van der Waals surface area contributed by atoms with E-state index in [1.54, 1.807) is 19.2 Å². The summed E-state index contributed by atoms with van der Waals surface area (Å²) in [5.74, 6) is -2.87. The van der Waals surface area contributed by atoms with Crippen LogP contribution in [0.5, 0.6) is 17.2 Å². The van der Waals surface area contributed by atoms with Crippen LogP contribution in [0.1, 0.15) is 81.7 Å². The minimum absolute atomic E-state index is 0.00600. The lowest BCUT2D eigenvalue weighted by Gasteiger charge is -2.44. The van der Waals surface area contributed by atoms with E-state index in [1.165, 1.54) is 13.2 Å². The van der Waals surface area contributed by atoms with Crippen LogP contribution >= 0.6 is 0 Å². The number of morpholine rings is 1. The fourth-order valence-electron chi connectivity index (χ4n) is 9.27. The molecule has 4 fully saturated rings. The summed E-state index contributed by atoms with van der Waals surface area (Å²) >= 11 is 0. The first-order valence-corrected chi connectivity index (χ1v) is 18.4. The number of hydrogen-bond acceptors (Lipinski definition) is 15. The van der Waals surface area contributed by atoms with E-state index in [0.29, 0.717) is 38.7 Å². The minimum Gasteiger partial charge on any atom is -0.507 e. The first kappa shape index (κ1) is 36.5. The highest BCUT2D eigenvalue weighted by Crippen LogP contribution is 2.53. The Morgan fingerprint density at radius 1 is 1.04 bits per heavy atom. The number of fused-ring (bicyclic) bond motifs is 6. The predicted octanol–water partition coefficient (Wildman–Crippen LogP) is 1.40. The number of likely N-dealkylation sites (tertiary alicyclic amines) is 1. The van der Waals surface area contributed by atoms with Crippen molar-refractivity contribution in [3.63, 3.8) is 0 Å². The fraction of sp³-hybridized carbons (Fsp3) is 0.605. The normalized spacial score (nSPS) is 33.1. The van der Waals surface area contributed by atoms with Crippen molar-refractivity contribution in [2.24, 2.45) is 0 Å². The summed E-state index contributed by atoms with van der Waals surface area (Å²) in [6.07, 6.45) is -2.56. The monoisotopic (exact) mass is 737 g/mol. The summed E-state index contributed by atoms with van der Waals surface area (Å²) in [6.45, 7) is 4.20. The first-order valence-electron chi connectivity index (χ1n) is 18.4. The number of methoxy groups -OCH3 is 2. The van der Waals surface area contributed by atoms with Crippen LogP contribution in [0.4, 0.5) is 0 Å². The Morgan fingerprint density at radius 3 is 2.51 bits per heavy atom. The van der Waals surface area contributed by atoms with Crippen LogP contribution in [0.25, 0.3) is 0 Å². The smallest absolute Gasteiger partial charge is 0.202 e. The van der Waals surface area contributed by atoms with Gasteiger partial charge in [-0.3, -0.25) is 24.2 Å². The molecule has 2 aromatic carbocycles. The summed E-state index contributed by atoms with van der Waals surface area (Å²) in [6, 6.07) is 4.75. The maximum Gasteiger partial charge on any atom is 0.202 e. The van der Waals surface area contributed by atoms with E-state index in [0.717, 1.165) is 12.8 Å². The van der Waals surface area contributed by atoms with E-state index < -0.39 is 77.4 Å². The van der Waals surface area contributed by atoms with Gasteiger partial charge in [-0.2, -0.15) is 0 Å². The van der Waals surface area contributed by atoms with E-state index in [4.69, 9.17) is 28.4 Å². The number of phenols is 2. The summed E-state index contributed by atoms with van der Waals surface area (Å²) in [4.78, 5) is 46.4. The van der Waals surface area contributed by atoms with Gasteiger partial charge < -0.3 is 49.1 Å². The molecule has 4 N–H and O–H groups in total. The number of carbonyl (C=O) groups excluding carboxylic acids is 3. The maximum atomic E-state index is 14.1. The molecule has 0 amide bonds. The number of ether oxygens (including phenoxy) is 6. The second kappa shape index (κ2) is 14.0. The van der Waals surface area contributed by atoms with Crippen molar-refractivity contribution >= 4 is 17.3 Å². The Morgan fingerprint density at radius 2 is 1.79 bits per heavy atom. The molecule has 6 aliphatic rings. The van der Waals surface area contributed by atoms with Crippen LogP contribution in [0.3, 0.4) is 0 Å². The molecule has 2 aromatic rings. The average Bonchev–Trinajstić information content (AvgIpc) is 3.54. The molecule has 0 saturated carbocycles. The van der Waals surface area contributed by atoms with Gasteiger partial charge in [-0.25, -0.2) is 0 Å². The van der Waals surface area contributed by atoms with Crippen molar-refractivity contribution in [1.29, 1.82) is 0 Å². The number of nitrogens with one attached hydrogen (secondary N) is 1. The fourth-order valence-corrected chi connectivity index (χ4v) is 9.27. The largest absolute Gasteiger partial charge is 0.507 e. The quantitative estimate of drug-likeness (QED) is 0.243. The van der Waals surface area contributed by atoms with Crippen molar-refractivity contribution in [1.82, 2.24) is 15.1 Å². The molecule has 4 heterocycles. The average molecular weight is 738 g/mol. The van der Waals surface area contributed by atoms with Gasteiger partial charge in [0.05, 0.1) is 49.2 Å². The Hall–Kier alpha value is -3.51. The summed E-state index contributed by atoms with van der Waals surface area (Å²) in [5.41, 5.74) is -2.85. The molecular formula is C38H47N3O12. The van der Waals surface area contributed by atoms with Crippen LogP contribution in [0.15, 0.2) is 18.2 Å². The topological polar surface area (TPSA) is 186 Å². The van der Waals surface area contributed by atoms with E-state index in [-0.39, 0.29) is 58.7 Å². The molecule has 0 radical (unpaired) electrons. The standard InChI is InChI=1S/C38H47N3O12/c1-18-35-22(41-12-13-50-37(49-4)36(41)53-35)14-26(51-18)52-24-16-38(47,25(42)17-40-10-8-19(39-2)9-11-40)15-21-28(24)34(46)30-29(32(21)44)31(43)20-6-5-7-23(48-3)27(20)33(30)45/h5-7,18-19,22,24,26,35-37,39,44,46-47H,8-17H2,1-4H3/t18-,22-,24-,26-,35+,36+,37-,38-/m0/s1. The van der Waals surface area contributed by atoms with Crippen LogP contribution < -0.4 is 10.1 Å². The second-order valence-electron chi connectivity index (χ2n) is 15.0. The number of aromatic hydroxyl groups is 2. The molecule has 2 aliphatic carbocycles. The lowest BCUT2D eigenvalue weighted by atomic mass is 9.71. The molecule has 0 bridgehead atoms. The molecule has 8 rings (SSSR count). The Balaban J connectivity index is 1.17. The van der Waals surface area contributed by atoms with Crippen LogP contribution in [0, 0.1) is 0 Å². The lowest BCUT2D eigenvalue weighted by molar-refractivity contribution is -0.256. The Labute approximate surface area is 307 Å². The number of ketones is 3. The van der Waals surface area contributed by atoms with E-state index in [2.05, 4.69) is 10.2 Å². The van der Waals surface area contributed by atoms with Crippen molar-refractivity contribution in [2.75, 3.05) is 54.1 Å². The van der Waals surface area contributed by atoms with Gasteiger partial charge in [0, 0.05) is 74.8 Å². The predicted molar refractivity (Wildman–Crippen MR) is 185 cm³/mol. The van der Waals surface area contributed by atoms with Gasteiger partial charge in [0.25, 0.3) is 0 Å². The van der Waals surface area contributed by atoms with Crippen molar-refractivity contribution in [2.45, 2.75) is 93.8 Å². The van der Waals surface area contributed by atoms with Gasteiger partial charge in [-0.1, -0.05) is 12.1 Å². The molecule has 15 nitrogen and oxygen atoms in total. The van der Waals surface area contributed by atoms with Gasteiger partial charge in [0.15, 0.2) is 30.4 Å². The van der Waals surface area contributed by atoms with Crippen molar-refractivity contribution in [3.8, 4) is 17.2 Å². The molecule has 4 aliphatic heterocycles. The summed E-state index contributed by atoms with van der Waals surface area (Å²) < 4.78 is 36.0. The van der Waals surface area contributed by atoms with Crippen molar-refractivity contribution < 1.29 is 58.1 Å². The van der Waals surface area contributed by atoms with Crippen LogP contribution in [0.2, 0.25) is 0 Å². The number of rotatable bonds is 8. The summed E-state index contributed by atoms with van der Waals surface area (Å²) in [7, 11) is 4.85. The SMILES string of the molecule is CNC1CCN(CC(=O)[C@]2(O)Cc3c(O)c4c(c(O)c3[C@@H](O[C@H]3C[C@H]5[C@H](O[C@@H]6[C@@H](OC)OCCN65)[C@H](C)O3)C2)C(=O)c2c(OC)cccc2C4=O)CC1. The summed E-state index contributed by atoms with van der Waals surface area (Å²) in [5, 5.41) is 39.5. The molecule has 0 spiro atoms. The van der Waals surface area contributed by atoms with Gasteiger partial charge in [0.1, 0.15) is 29.0 Å². The van der Waals surface area contributed by atoms with Gasteiger partial charge in [-0.15, -0.1) is 0 Å².